The van der Waals surface area contributed by atoms with Crippen molar-refractivity contribution in [2.45, 2.75) is 89.4 Å². The summed E-state index contributed by atoms with van der Waals surface area (Å²) >= 11 is 0. The van der Waals surface area contributed by atoms with Crippen LogP contribution in [0.3, 0.4) is 0 Å². The Morgan fingerprint density at radius 2 is 1.88 bits per heavy atom. The number of carbonyl (C=O) groups is 5. The molecule has 10 nitrogen and oxygen atoms in total. The second kappa shape index (κ2) is 10.8. The summed E-state index contributed by atoms with van der Waals surface area (Å²) in [5.74, 6) is -2.25. The fraction of sp³-hybridized carbons (Fsp3) is 0.710. The highest BCUT2D eigenvalue weighted by Crippen LogP contribution is 2.67. The molecule has 0 aromatic rings. The number of rotatable bonds is 7. The van der Waals surface area contributed by atoms with Gasteiger partial charge in [-0.2, -0.15) is 0 Å². The van der Waals surface area contributed by atoms with Crippen LogP contribution in [0, 0.1) is 28.6 Å². The first-order valence-corrected chi connectivity index (χ1v) is 14.8. The smallest absolute Gasteiger partial charge is 0.328 e. The first-order chi connectivity index (χ1) is 19.4. The molecule has 5 rings (SSSR count). The van der Waals surface area contributed by atoms with Gasteiger partial charge >= 0.3 is 11.9 Å². The Morgan fingerprint density at radius 1 is 1.12 bits per heavy atom. The minimum atomic E-state index is -1.75. The van der Waals surface area contributed by atoms with Gasteiger partial charge in [0.15, 0.2) is 12.4 Å². The summed E-state index contributed by atoms with van der Waals surface area (Å²) in [6, 6.07) is -0.646. The van der Waals surface area contributed by atoms with Gasteiger partial charge in [0.2, 0.25) is 11.7 Å². The largest absolute Gasteiger partial charge is 0.467 e. The third kappa shape index (κ3) is 4.76. The van der Waals surface area contributed by atoms with E-state index < -0.39 is 52.9 Å². The molecule has 0 aromatic heterocycles. The molecule has 10 heteroatoms. The first-order valence-electron chi connectivity index (χ1n) is 14.8. The average Bonchev–Trinajstić information content (AvgIpc) is 3.53. The van der Waals surface area contributed by atoms with Crippen LogP contribution in [0.2, 0.25) is 0 Å². The number of aliphatic hydroxyl groups is 2. The van der Waals surface area contributed by atoms with Gasteiger partial charge in [-0.3, -0.25) is 19.2 Å². The number of nitrogens with zero attached hydrogens (tertiary/aromatic N) is 1. The summed E-state index contributed by atoms with van der Waals surface area (Å²) in [5, 5.41) is 23.3. The van der Waals surface area contributed by atoms with E-state index in [0.717, 1.165) is 18.4 Å². The number of fused-ring (bicyclic) bond motifs is 5. The van der Waals surface area contributed by atoms with E-state index in [4.69, 9.17) is 9.47 Å². The fourth-order valence-electron chi connectivity index (χ4n) is 8.93. The average molecular weight is 572 g/mol. The number of methoxy groups -OCH3 is 1. The zero-order valence-electron chi connectivity index (χ0n) is 24.1. The molecule has 41 heavy (non-hydrogen) atoms. The van der Waals surface area contributed by atoms with E-state index in [-0.39, 0.29) is 55.1 Å². The Kier molecular flexibility index (Phi) is 7.78. The summed E-state index contributed by atoms with van der Waals surface area (Å²) < 4.78 is 9.98. The second-order valence-electron chi connectivity index (χ2n) is 13.0. The Bertz CT molecular complexity index is 1210. The number of ketones is 2. The zero-order chi connectivity index (χ0) is 29.7. The zero-order valence-corrected chi connectivity index (χ0v) is 24.1. The molecule has 8 atom stereocenters. The number of ether oxygens (including phenoxy) is 2. The third-order valence-corrected chi connectivity index (χ3v) is 11.1. The standard InChI is InChI=1S/C31H41NO9/c1-29-12-10-19(33)15-18(29)6-7-20-21-11-13-31(39,30(21,2)16-23(34)27(20)29)24(35)17-41-26(37)9-8-25(36)32-14-4-5-22(32)28(38)40-3/h10,12,15,20-23,27,34,39H,4-9,11,13-14,16-17H2,1-3H3/t20-,21+,22-,23+,27-,29-,30-,31+/m0/s1. The van der Waals surface area contributed by atoms with Crippen LogP contribution in [0.25, 0.3) is 0 Å². The van der Waals surface area contributed by atoms with Gasteiger partial charge < -0.3 is 24.6 Å². The lowest BCUT2D eigenvalue weighted by Gasteiger charge is -2.59. The monoisotopic (exact) mass is 571 g/mol. The van der Waals surface area contributed by atoms with Crippen molar-refractivity contribution in [3.8, 4) is 0 Å². The lowest BCUT2D eigenvalue weighted by atomic mass is 9.46. The summed E-state index contributed by atoms with van der Waals surface area (Å²) in [5.41, 5.74) is -2.05. The van der Waals surface area contributed by atoms with Crippen molar-refractivity contribution in [3.05, 3.63) is 23.8 Å². The predicted octanol–water partition coefficient (Wildman–Crippen LogP) is 2.05. The summed E-state index contributed by atoms with van der Waals surface area (Å²) in [6.07, 6.45) is 7.75. The van der Waals surface area contributed by atoms with Crippen molar-refractivity contribution in [1.82, 2.24) is 4.90 Å². The molecule has 1 amide bonds. The molecule has 0 aromatic carbocycles. The molecular formula is C31H41NO9. The predicted molar refractivity (Wildman–Crippen MR) is 145 cm³/mol. The van der Waals surface area contributed by atoms with Gasteiger partial charge in [0.25, 0.3) is 0 Å². The van der Waals surface area contributed by atoms with Crippen LogP contribution in [0.15, 0.2) is 23.8 Å². The first kappa shape index (κ1) is 29.6. The topological polar surface area (TPSA) is 148 Å². The number of amides is 1. The maximum Gasteiger partial charge on any atom is 0.328 e. The molecule has 1 heterocycles. The molecule has 224 valence electrons. The Balaban J connectivity index is 1.20. The number of hydrogen-bond donors (Lipinski definition) is 2. The number of carbonyl (C=O) groups excluding carboxylic acids is 5. The van der Waals surface area contributed by atoms with Gasteiger partial charge in [0.1, 0.15) is 11.6 Å². The van der Waals surface area contributed by atoms with E-state index in [2.05, 4.69) is 6.92 Å². The van der Waals surface area contributed by atoms with E-state index in [0.29, 0.717) is 25.8 Å². The molecule has 1 saturated heterocycles. The number of esters is 2. The van der Waals surface area contributed by atoms with Crippen LogP contribution >= 0.6 is 0 Å². The molecule has 0 unspecified atom stereocenters. The van der Waals surface area contributed by atoms with E-state index in [1.165, 1.54) is 12.0 Å². The minimum absolute atomic E-state index is 0.00852. The van der Waals surface area contributed by atoms with Crippen molar-refractivity contribution >= 4 is 29.4 Å². The molecule has 0 bridgehead atoms. The van der Waals surface area contributed by atoms with Crippen LogP contribution in [0.5, 0.6) is 0 Å². The molecule has 5 aliphatic rings. The van der Waals surface area contributed by atoms with Crippen molar-refractivity contribution < 1.29 is 43.7 Å². The van der Waals surface area contributed by atoms with E-state index in [1.54, 1.807) is 12.2 Å². The summed E-state index contributed by atoms with van der Waals surface area (Å²) in [7, 11) is 1.27. The van der Waals surface area contributed by atoms with Crippen molar-refractivity contribution in [2.75, 3.05) is 20.3 Å². The van der Waals surface area contributed by atoms with Crippen molar-refractivity contribution in [2.24, 2.45) is 28.6 Å². The van der Waals surface area contributed by atoms with Crippen molar-refractivity contribution in [1.29, 1.82) is 0 Å². The lowest BCUT2D eigenvalue weighted by molar-refractivity contribution is -0.181. The molecule has 0 radical (unpaired) electrons. The van der Waals surface area contributed by atoms with Gasteiger partial charge in [-0.1, -0.05) is 25.5 Å². The molecule has 4 fully saturated rings. The number of aliphatic hydroxyl groups excluding tert-OH is 1. The molecule has 2 N–H and O–H groups in total. The van der Waals surface area contributed by atoms with Gasteiger partial charge in [-0.15, -0.1) is 0 Å². The maximum atomic E-state index is 13.4. The molecular weight excluding hydrogens is 530 g/mol. The number of likely N-dealkylation sites (tertiary alicyclic amines) is 1. The molecule has 0 spiro atoms. The third-order valence-electron chi connectivity index (χ3n) is 11.1. The highest BCUT2D eigenvalue weighted by Gasteiger charge is 2.68. The van der Waals surface area contributed by atoms with Gasteiger partial charge in [-0.05, 0) is 68.9 Å². The van der Waals surface area contributed by atoms with Crippen molar-refractivity contribution in [3.63, 3.8) is 0 Å². The minimum Gasteiger partial charge on any atom is -0.467 e. The Labute approximate surface area is 240 Å². The highest BCUT2D eigenvalue weighted by atomic mass is 16.5. The fourth-order valence-corrected chi connectivity index (χ4v) is 8.93. The SMILES string of the molecule is COC(=O)[C@@H]1CCCN1C(=O)CCC(=O)OCC(=O)[C@]1(O)CC[C@@H]2[C@@H]3CCC4=CC(=O)C=C[C@]4(C)[C@@H]3[C@H](O)C[C@@]21C. The van der Waals surface area contributed by atoms with Gasteiger partial charge in [-0.25, -0.2) is 4.79 Å². The van der Waals surface area contributed by atoms with Crippen LogP contribution in [-0.4, -0.2) is 82.5 Å². The Hall–Kier alpha value is -2.85. The number of Topliss-reactive ketones (excluding diaryl/α,β-unsaturated/α-hetero) is 1. The van der Waals surface area contributed by atoms with Crippen LogP contribution < -0.4 is 0 Å². The van der Waals surface area contributed by atoms with E-state index in [9.17, 15) is 34.2 Å². The van der Waals surface area contributed by atoms with Gasteiger partial charge in [0, 0.05) is 29.7 Å². The Morgan fingerprint density at radius 3 is 2.61 bits per heavy atom. The number of hydrogen-bond acceptors (Lipinski definition) is 9. The molecule has 3 saturated carbocycles. The van der Waals surface area contributed by atoms with E-state index in [1.807, 2.05) is 13.0 Å². The molecule has 1 aliphatic heterocycles. The van der Waals surface area contributed by atoms with Crippen LogP contribution in [0.1, 0.15) is 71.6 Å². The van der Waals surface area contributed by atoms with E-state index >= 15 is 0 Å². The van der Waals surface area contributed by atoms with Crippen LogP contribution in [0.4, 0.5) is 0 Å². The summed E-state index contributed by atoms with van der Waals surface area (Å²) in [4.78, 5) is 63.8. The normalized spacial score (nSPS) is 39.3. The van der Waals surface area contributed by atoms with Crippen LogP contribution in [-0.2, 0) is 33.4 Å². The molecule has 4 aliphatic carbocycles. The quantitative estimate of drug-likeness (QED) is 0.438. The van der Waals surface area contributed by atoms with Gasteiger partial charge in [0.05, 0.1) is 19.6 Å². The lowest BCUT2D eigenvalue weighted by Crippen LogP contribution is -2.61. The highest BCUT2D eigenvalue weighted by molar-refractivity contribution is 6.01. The number of allylic oxidation sites excluding steroid dienone is 4. The second-order valence-corrected chi connectivity index (χ2v) is 13.0. The summed E-state index contributed by atoms with van der Waals surface area (Å²) in [6.45, 7) is 3.74. The maximum absolute atomic E-state index is 13.4.